The molecule has 0 bridgehead atoms. The van der Waals surface area contributed by atoms with Crippen LogP contribution in [-0.4, -0.2) is 30.1 Å². The van der Waals surface area contributed by atoms with Gasteiger partial charge in [-0.25, -0.2) is 18.1 Å². The Bertz CT molecular complexity index is 497. The number of nitrogens with zero attached hydrogens (tertiary/aromatic N) is 2. The summed E-state index contributed by atoms with van der Waals surface area (Å²) in [6, 6.07) is -0.287. The van der Waals surface area contributed by atoms with Crippen LogP contribution in [-0.2, 0) is 17.1 Å². The lowest BCUT2D eigenvalue weighted by molar-refractivity contribution is 0.455. The summed E-state index contributed by atoms with van der Waals surface area (Å²) in [6.07, 6.45) is 7.84. The molecule has 0 aromatic carbocycles. The predicted molar refractivity (Wildman–Crippen MR) is 68.4 cm³/mol. The molecule has 0 spiro atoms. The van der Waals surface area contributed by atoms with Gasteiger partial charge in [-0.1, -0.05) is 19.3 Å². The molecule has 7 heteroatoms. The van der Waals surface area contributed by atoms with Crippen molar-refractivity contribution in [3.63, 3.8) is 0 Å². The number of nitrogens with two attached hydrogens (primary N) is 1. The number of nitrogens with one attached hydrogen (secondary N) is 1. The van der Waals surface area contributed by atoms with E-state index in [0.29, 0.717) is 0 Å². The van der Waals surface area contributed by atoms with E-state index >= 15 is 0 Å². The first-order valence-electron chi connectivity index (χ1n) is 6.25. The number of rotatable bonds is 3. The first-order chi connectivity index (χ1) is 8.49. The van der Waals surface area contributed by atoms with Gasteiger partial charge >= 0.3 is 0 Å². The van der Waals surface area contributed by atoms with Crippen molar-refractivity contribution >= 4 is 10.0 Å². The fourth-order valence-corrected chi connectivity index (χ4v) is 3.57. The van der Waals surface area contributed by atoms with Crippen LogP contribution in [0.2, 0.25) is 0 Å². The van der Waals surface area contributed by atoms with Crippen LogP contribution in [0.15, 0.2) is 17.6 Å². The van der Waals surface area contributed by atoms with Crippen molar-refractivity contribution in [1.29, 1.82) is 0 Å². The van der Waals surface area contributed by atoms with Gasteiger partial charge in [0.2, 0.25) is 0 Å². The second-order valence-corrected chi connectivity index (χ2v) is 6.57. The van der Waals surface area contributed by atoms with E-state index in [9.17, 15) is 8.42 Å². The standard InChI is InChI=1S/C11H20N4O2S/c1-15-7-11(13-8-15)18(16,17)14-10-6-4-2-3-5-9(10)12/h7-10,14H,2-6,12H2,1H3. The molecule has 2 atom stereocenters. The van der Waals surface area contributed by atoms with Crippen LogP contribution in [0.4, 0.5) is 0 Å². The minimum atomic E-state index is -3.55. The largest absolute Gasteiger partial charge is 0.339 e. The third-order valence-corrected chi connectivity index (χ3v) is 4.71. The van der Waals surface area contributed by atoms with Crippen LogP contribution in [0, 0.1) is 0 Å². The fourth-order valence-electron chi connectivity index (χ4n) is 2.27. The summed E-state index contributed by atoms with van der Waals surface area (Å²) >= 11 is 0. The Morgan fingerprint density at radius 3 is 2.78 bits per heavy atom. The highest BCUT2D eigenvalue weighted by molar-refractivity contribution is 7.89. The molecule has 0 amide bonds. The van der Waals surface area contributed by atoms with Gasteiger partial charge in [-0.3, -0.25) is 0 Å². The van der Waals surface area contributed by atoms with Crippen molar-refractivity contribution in [3.05, 3.63) is 12.5 Å². The zero-order valence-corrected chi connectivity index (χ0v) is 11.4. The van der Waals surface area contributed by atoms with Crippen molar-refractivity contribution < 1.29 is 8.42 Å². The lowest BCUT2D eigenvalue weighted by Gasteiger charge is -2.21. The third-order valence-electron chi connectivity index (χ3n) is 3.33. The Balaban J connectivity index is 2.11. The zero-order chi connectivity index (χ0) is 13.2. The monoisotopic (exact) mass is 272 g/mol. The normalized spacial score (nSPS) is 25.9. The Labute approximate surface area is 108 Å². The maximum Gasteiger partial charge on any atom is 0.259 e. The van der Waals surface area contributed by atoms with E-state index < -0.39 is 10.0 Å². The first-order valence-corrected chi connectivity index (χ1v) is 7.73. The molecular weight excluding hydrogens is 252 g/mol. The number of imidazole rings is 1. The van der Waals surface area contributed by atoms with Crippen LogP contribution in [0.5, 0.6) is 0 Å². The van der Waals surface area contributed by atoms with Crippen LogP contribution < -0.4 is 10.5 Å². The Kier molecular flexibility index (Phi) is 4.04. The Hall–Kier alpha value is -0.920. The minimum absolute atomic E-state index is 0.0569. The molecule has 1 aromatic heterocycles. The molecule has 1 aliphatic rings. The van der Waals surface area contributed by atoms with E-state index in [-0.39, 0.29) is 17.1 Å². The molecule has 3 N–H and O–H groups in total. The molecule has 1 saturated carbocycles. The molecule has 1 aromatic rings. The number of sulfonamides is 1. The predicted octanol–water partition coefficient (Wildman–Crippen LogP) is 0.358. The van der Waals surface area contributed by atoms with Gasteiger partial charge in [0.05, 0.1) is 6.33 Å². The minimum Gasteiger partial charge on any atom is -0.339 e. The molecule has 0 radical (unpaired) electrons. The van der Waals surface area contributed by atoms with E-state index in [0.717, 1.165) is 32.1 Å². The SMILES string of the molecule is Cn1cnc(S(=O)(=O)NC2CCCCCC2N)c1. The Morgan fingerprint density at radius 2 is 2.11 bits per heavy atom. The van der Waals surface area contributed by atoms with Crippen LogP contribution in [0.1, 0.15) is 32.1 Å². The molecule has 1 aliphatic carbocycles. The van der Waals surface area contributed by atoms with Crippen LogP contribution in [0.25, 0.3) is 0 Å². The van der Waals surface area contributed by atoms with E-state index in [1.54, 1.807) is 11.6 Å². The molecule has 6 nitrogen and oxygen atoms in total. The van der Waals surface area contributed by atoms with Crippen molar-refractivity contribution in [1.82, 2.24) is 14.3 Å². The molecular formula is C11H20N4O2S. The van der Waals surface area contributed by atoms with E-state index in [1.807, 2.05) is 0 Å². The summed E-state index contributed by atoms with van der Waals surface area (Å²) in [5.41, 5.74) is 6.02. The molecule has 1 fully saturated rings. The lowest BCUT2D eigenvalue weighted by atomic mass is 10.1. The van der Waals surface area contributed by atoms with Gasteiger partial charge in [0.25, 0.3) is 10.0 Å². The highest BCUT2D eigenvalue weighted by Crippen LogP contribution is 2.18. The number of hydrogen-bond acceptors (Lipinski definition) is 4. The highest BCUT2D eigenvalue weighted by Gasteiger charge is 2.27. The fraction of sp³-hybridized carbons (Fsp3) is 0.727. The molecule has 0 saturated heterocycles. The molecule has 1 heterocycles. The quantitative estimate of drug-likeness (QED) is 0.777. The van der Waals surface area contributed by atoms with E-state index in [1.165, 1.54) is 12.5 Å². The van der Waals surface area contributed by atoms with E-state index in [2.05, 4.69) is 9.71 Å². The maximum absolute atomic E-state index is 12.1. The van der Waals surface area contributed by atoms with Gasteiger partial charge in [0, 0.05) is 25.3 Å². The zero-order valence-electron chi connectivity index (χ0n) is 10.5. The van der Waals surface area contributed by atoms with Gasteiger partial charge in [-0.15, -0.1) is 0 Å². The summed E-state index contributed by atoms with van der Waals surface area (Å²) in [6.45, 7) is 0. The lowest BCUT2D eigenvalue weighted by Crippen LogP contribution is -2.46. The smallest absolute Gasteiger partial charge is 0.259 e. The molecule has 2 unspecified atom stereocenters. The van der Waals surface area contributed by atoms with Crippen molar-refractivity contribution in [2.24, 2.45) is 12.8 Å². The first kappa shape index (κ1) is 13.5. The topological polar surface area (TPSA) is 90.0 Å². The van der Waals surface area contributed by atoms with Crippen molar-refractivity contribution in [2.75, 3.05) is 0 Å². The summed E-state index contributed by atoms with van der Waals surface area (Å²) < 4.78 is 28.6. The summed E-state index contributed by atoms with van der Waals surface area (Å²) in [5, 5.41) is 0.0569. The second kappa shape index (κ2) is 5.38. The number of aryl methyl sites for hydroxylation is 1. The molecule has 2 rings (SSSR count). The molecule has 18 heavy (non-hydrogen) atoms. The summed E-state index contributed by atoms with van der Waals surface area (Å²) in [5.74, 6) is 0. The van der Waals surface area contributed by atoms with Crippen LogP contribution >= 0.6 is 0 Å². The average molecular weight is 272 g/mol. The highest BCUT2D eigenvalue weighted by atomic mass is 32.2. The summed E-state index contributed by atoms with van der Waals surface area (Å²) in [4.78, 5) is 3.87. The number of aromatic nitrogens is 2. The average Bonchev–Trinajstić information content (AvgIpc) is 2.65. The maximum atomic E-state index is 12.1. The third kappa shape index (κ3) is 3.09. The van der Waals surface area contributed by atoms with Crippen molar-refractivity contribution in [3.8, 4) is 0 Å². The van der Waals surface area contributed by atoms with Gasteiger partial charge in [-0.2, -0.15) is 0 Å². The van der Waals surface area contributed by atoms with Gasteiger partial charge in [-0.05, 0) is 12.8 Å². The molecule has 0 aliphatic heterocycles. The number of hydrogen-bond donors (Lipinski definition) is 2. The van der Waals surface area contributed by atoms with Crippen LogP contribution in [0.3, 0.4) is 0 Å². The Morgan fingerprint density at radius 1 is 1.39 bits per heavy atom. The van der Waals surface area contributed by atoms with Gasteiger partial charge < -0.3 is 10.3 Å². The molecule has 102 valence electrons. The summed E-state index contributed by atoms with van der Waals surface area (Å²) in [7, 11) is -1.81. The van der Waals surface area contributed by atoms with Gasteiger partial charge in [0.1, 0.15) is 0 Å². The van der Waals surface area contributed by atoms with Crippen molar-refractivity contribution in [2.45, 2.75) is 49.2 Å². The van der Waals surface area contributed by atoms with E-state index in [4.69, 9.17) is 5.73 Å². The second-order valence-electron chi connectivity index (χ2n) is 4.91. The van der Waals surface area contributed by atoms with Gasteiger partial charge in [0.15, 0.2) is 5.03 Å².